The monoisotopic (exact) mass is 506 g/mol. The van der Waals surface area contributed by atoms with E-state index in [0.29, 0.717) is 12.8 Å². The van der Waals surface area contributed by atoms with Gasteiger partial charge in [0.2, 0.25) is 0 Å². The molecule has 1 aliphatic heterocycles. The van der Waals surface area contributed by atoms with E-state index in [1.807, 2.05) is 27.7 Å². The molecule has 2 nitrogen and oxygen atoms in total. The standard InChI is InChI=1S/C18H25FIO2.BF4/c1-13-6-9-15(10-7-13)20-12-14(19)8-11-16-21-17(2,3)18(4,5)22-16;2-1(3,4)5/h6-7,9-10,12,16H,8,11H2,1-5H3;/q+1;-1/b14-12-;. The summed E-state index contributed by atoms with van der Waals surface area (Å²) in [4.78, 5) is 0. The van der Waals surface area contributed by atoms with Crippen LogP contribution in [0.4, 0.5) is 21.7 Å². The second-order valence-electron chi connectivity index (χ2n) is 7.18. The van der Waals surface area contributed by atoms with E-state index in [0.717, 1.165) is 0 Å². The van der Waals surface area contributed by atoms with Crippen LogP contribution < -0.4 is 21.2 Å². The van der Waals surface area contributed by atoms with Crippen LogP contribution in [0, 0.1) is 10.5 Å². The molecule has 0 spiro atoms. The maximum absolute atomic E-state index is 14.0. The Morgan fingerprint density at radius 2 is 1.48 bits per heavy atom. The molecule has 1 saturated heterocycles. The topological polar surface area (TPSA) is 18.5 Å². The molecule has 9 heteroatoms. The predicted octanol–water partition coefficient (Wildman–Crippen LogP) is 3.07. The van der Waals surface area contributed by atoms with Gasteiger partial charge in [-0.2, -0.15) is 0 Å². The van der Waals surface area contributed by atoms with Crippen LogP contribution in [-0.4, -0.2) is 24.7 Å². The molecule has 0 amide bonds. The van der Waals surface area contributed by atoms with Crippen molar-refractivity contribution in [3.63, 3.8) is 0 Å². The van der Waals surface area contributed by atoms with Crippen LogP contribution in [0.25, 0.3) is 0 Å². The number of hydrogen-bond acceptors (Lipinski definition) is 2. The van der Waals surface area contributed by atoms with E-state index in [1.165, 1.54) is 9.13 Å². The lowest BCUT2D eigenvalue weighted by molar-refractivity contribution is -0.558. The molecule has 1 aromatic carbocycles. The maximum Gasteiger partial charge on any atom is 0.673 e. The number of aryl methyl sites for hydroxylation is 1. The fraction of sp³-hybridized carbons (Fsp3) is 0.556. The molecule has 0 radical (unpaired) electrons. The molecule has 0 atom stereocenters. The first kappa shape index (κ1) is 24.4. The minimum absolute atomic E-state index is 0.0527. The quantitative estimate of drug-likeness (QED) is 0.348. The van der Waals surface area contributed by atoms with E-state index in [1.54, 1.807) is 4.08 Å². The van der Waals surface area contributed by atoms with Crippen LogP contribution in [0.2, 0.25) is 0 Å². The van der Waals surface area contributed by atoms with Crippen molar-refractivity contribution in [1.29, 1.82) is 0 Å². The van der Waals surface area contributed by atoms with Crippen LogP contribution in [0.1, 0.15) is 46.1 Å². The second kappa shape index (κ2) is 9.69. The van der Waals surface area contributed by atoms with Gasteiger partial charge in [0.15, 0.2) is 13.9 Å². The Hall–Kier alpha value is -0.675. The Morgan fingerprint density at radius 1 is 1.04 bits per heavy atom. The van der Waals surface area contributed by atoms with Gasteiger partial charge >= 0.3 is 28.5 Å². The van der Waals surface area contributed by atoms with Crippen molar-refractivity contribution >= 4 is 7.25 Å². The molecule has 0 bridgehead atoms. The van der Waals surface area contributed by atoms with Crippen molar-refractivity contribution in [1.82, 2.24) is 0 Å². The van der Waals surface area contributed by atoms with Crippen LogP contribution in [0.5, 0.6) is 0 Å². The first-order chi connectivity index (χ1) is 12.2. The van der Waals surface area contributed by atoms with Crippen molar-refractivity contribution in [2.75, 3.05) is 0 Å². The first-order valence-corrected chi connectivity index (χ1v) is 10.8. The Morgan fingerprint density at radius 3 is 1.93 bits per heavy atom. The van der Waals surface area contributed by atoms with Crippen molar-refractivity contribution in [3.05, 3.63) is 43.3 Å². The maximum atomic E-state index is 14.0. The molecular weight excluding hydrogens is 481 g/mol. The fourth-order valence-corrected chi connectivity index (χ4v) is 3.91. The Labute approximate surface area is 167 Å². The lowest BCUT2D eigenvalue weighted by Crippen LogP contribution is -3.59. The average molecular weight is 506 g/mol. The summed E-state index contributed by atoms with van der Waals surface area (Å²) in [6.07, 6.45) is 0.622. The Balaban J connectivity index is 0.000000646. The zero-order valence-corrected chi connectivity index (χ0v) is 18.2. The van der Waals surface area contributed by atoms with Crippen LogP contribution >= 0.6 is 0 Å². The third kappa shape index (κ3) is 9.38. The summed E-state index contributed by atoms with van der Waals surface area (Å²) < 4.78 is 67.7. The van der Waals surface area contributed by atoms with Gasteiger partial charge in [0.1, 0.15) is 5.83 Å². The van der Waals surface area contributed by atoms with Crippen molar-refractivity contribution in [2.45, 2.75) is 65.0 Å². The molecule has 0 N–H and O–H groups in total. The molecule has 154 valence electrons. The van der Waals surface area contributed by atoms with Gasteiger partial charge in [0.05, 0.1) is 11.2 Å². The lowest BCUT2D eigenvalue weighted by atomic mass is 9.90. The molecule has 0 unspecified atom stereocenters. The SMILES string of the molecule is Cc1ccc([I+]/C=C(\F)CCC2OC(C)(C)C(C)(C)O2)cc1.F[B-](F)(F)F. The average Bonchev–Trinajstić information content (AvgIpc) is 2.70. The highest BCUT2D eigenvalue weighted by atomic mass is 127. The van der Waals surface area contributed by atoms with Gasteiger partial charge in [-0.3, -0.25) is 0 Å². The van der Waals surface area contributed by atoms with E-state index in [9.17, 15) is 21.7 Å². The van der Waals surface area contributed by atoms with Gasteiger partial charge in [-0.15, -0.1) is 0 Å². The molecule has 1 aliphatic rings. The largest absolute Gasteiger partial charge is 0.673 e. The summed E-state index contributed by atoms with van der Waals surface area (Å²) >= 11 is -0.409. The number of ether oxygens (including phenoxy) is 2. The van der Waals surface area contributed by atoms with E-state index in [2.05, 4.69) is 31.2 Å². The summed E-state index contributed by atoms with van der Waals surface area (Å²) in [6.45, 7) is 10.1. The third-order valence-electron chi connectivity index (χ3n) is 4.23. The Kier molecular flexibility index (Phi) is 8.74. The second-order valence-corrected chi connectivity index (χ2v) is 9.67. The lowest BCUT2D eigenvalue weighted by Gasteiger charge is -2.30. The van der Waals surface area contributed by atoms with E-state index < -0.39 is 28.5 Å². The molecule has 1 aromatic rings. The zero-order valence-electron chi connectivity index (χ0n) is 16.0. The van der Waals surface area contributed by atoms with Gasteiger partial charge < -0.3 is 26.7 Å². The highest BCUT2D eigenvalue weighted by Crippen LogP contribution is 2.39. The summed E-state index contributed by atoms with van der Waals surface area (Å²) in [5.74, 6) is -0.0527. The fourth-order valence-electron chi connectivity index (χ4n) is 2.12. The van der Waals surface area contributed by atoms with Gasteiger partial charge in [-0.05, 0) is 46.8 Å². The highest BCUT2D eigenvalue weighted by molar-refractivity contribution is 6.50. The number of halogens is 6. The number of allylic oxidation sites excluding steroid dienone is 1. The van der Waals surface area contributed by atoms with E-state index in [-0.39, 0.29) is 23.3 Å². The molecule has 1 fully saturated rings. The smallest absolute Gasteiger partial charge is 0.418 e. The predicted molar refractivity (Wildman–Crippen MR) is 92.6 cm³/mol. The first-order valence-electron chi connectivity index (χ1n) is 8.47. The molecule has 0 saturated carbocycles. The molecular formula is C18H25BF5IO2. The van der Waals surface area contributed by atoms with E-state index >= 15 is 0 Å². The summed E-state index contributed by atoms with van der Waals surface area (Å²) in [5.41, 5.74) is 0.553. The minimum atomic E-state index is -6.00. The highest BCUT2D eigenvalue weighted by Gasteiger charge is 2.48. The zero-order chi connectivity index (χ0) is 20.9. The van der Waals surface area contributed by atoms with Crippen LogP contribution in [0.15, 0.2) is 34.2 Å². The number of rotatable bonds is 5. The van der Waals surface area contributed by atoms with E-state index in [4.69, 9.17) is 9.47 Å². The molecule has 2 rings (SSSR count). The summed E-state index contributed by atoms with van der Waals surface area (Å²) in [7, 11) is -6.00. The molecule has 0 aliphatic carbocycles. The Bertz CT molecular complexity index is 608. The third-order valence-corrected chi connectivity index (χ3v) is 6.66. The summed E-state index contributed by atoms with van der Waals surface area (Å²) in [5, 5.41) is 0. The normalized spacial score (nSPS) is 19.6. The van der Waals surface area contributed by atoms with Crippen LogP contribution in [0.3, 0.4) is 0 Å². The van der Waals surface area contributed by atoms with Crippen molar-refractivity contribution in [2.24, 2.45) is 0 Å². The molecule has 0 aromatic heterocycles. The van der Waals surface area contributed by atoms with Crippen molar-refractivity contribution in [3.8, 4) is 0 Å². The number of benzene rings is 1. The minimum Gasteiger partial charge on any atom is -0.418 e. The molecule has 27 heavy (non-hydrogen) atoms. The van der Waals surface area contributed by atoms with Crippen molar-refractivity contribution < 1.29 is 52.3 Å². The number of hydrogen-bond donors (Lipinski definition) is 0. The van der Waals surface area contributed by atoms with Gasteiger partial charge in [-0.1, -0.05) is 17.7 Å². The van der Waals surface area contributed by atoms with Gasteiger partial charge in [0.25, 0.3) is 0 Å². The molecule has 1 heterocycles. The van der Waals surface area contributed by atoms with Gasteiger partial charge in [-0.25, -0.2) is 4.39 Å². The van der Waals surface area contributed by atoms with Gasteiger partial charge in [0, 0.05) is 12.8 Å². The summed E-state index contributed by atoms with van der Waals surface area (Å²) in [6, 6.07) is 8.32. The van der Waals surface area contributed by atoms with Crippen LogP contribution in [-0.2, 0) is 9.47 Å².